The molecular formula is C17H21N5O2. The van der Waals surface area contributed by atoms with Crippen LogP contribution in [0.4, 0.5) is 4.79 Å². The molecule has 4 heterocycles. The van der Waals surface area contributed by atoms with E-state index in [0.717, 1.165) is 42.8 Å². The Labute approximate surface area is 140 Å². The van der Waals surface area contributed by atoms with E-state index in [1.54, 1.807) is 13.3 Å². The molecule has 0 spiro atoms. The number of aromatic nitrogens is 1. The summed E-state index contributed by atoms with van der Waals surface area (Å²) >= 11 is 0. The van der Waals surface area contributed by atoms with Gasteiger partial charge in [-0.1, -0.05) is 0 Å². The zero-order valence-electron chi connectivity index (χ0n) is 13.7. The van der Waals surface area contributed by atoms with Crippen molar-refractivity contribution in [1.29, 1.82) is 0 Å². The molecule has 1 fully saturated rings. The molecule has 7 nitrogen and oxygen atoms in total. The van der Waals surface area contributed by atoms with Gasteiger partial charge in [-0.2, -0.15) is 4.99 Å². The van der Waals surface area contributed by atoms with E-state index in [0.29, 0.717) is 18.5 Å². The zero-order chi connectivity index (χ0) is 16.5. The number of carbonyl (C=O) groups is 1. The van der Waals surface area contributed by atoms with Crippen LogP contribution in [0.3, 0.4) is 0 Å². The highest BCUT2D eigenvalue weighted by atomic mass is 16.5. The van der Waals surface area contributed by atoms with Crippen LogP contribution in [0.25, 0.3) is 5.57 Å². The quantitative estimate of drug-likeness (QED) is 0.880. The van der Waals surface area contributed by atoms with Crippen molar-refractivity contribution in [1.82, 2.24) is 15.2 Å². The molecule has 0 saturated carbocycles. The number of methoxy groups -OCH3 is 1. The van der Waals surface area contributed by atoms with Gasteiger partial charge in [-0.15, -0.1) is 0 Å². The van der Waals surface area contributed by atoms with Crippen LogP contribution >= 0.6 is 0 Å². The Morgan fingerprint density at radius 3 is 3.00 bits per heavy atom. The molecule has 1 aromatic heterocycles. The van der Waals surface area contributed by atoms with Gasteiger partial charge >= 0.3 is 6.03 Å². The van der Waals surface area contributed by atoms with Gasteiger partial charge in [-0.3, -0.25) is 0 Å². The number of rotatable bonds is 4. The number of urea groups is 1. The topological polar surface area (TPSA) is 80.0 Å². The predicted octanol–water partition coefficient (Wildman–Crippen LogP) is 1.52. The monoisotopic (exact) mass is 327 g/mol. The number of dihydropyridines is 1. The van der Waals surface area contributed by atoms with Gasteiger partial charge in [0.1, 0.15) is 6.04 Å². The second-order valence-corrected chi connectivity index (χ2v) is 6.29. The SMILES string of the molecule is COCc1cc(C2=CC=NC3=NC(=O)NC23)cn1C1CCNCC1. The van der Waals surface area contributed by atoms with Crippen LogP contribution in [0.15, 0.2) is 28.3 Å². The zero-order valence-corrected chi connectivity index (χ0v) is 13.7. The summed E-state index contributed by atoms with van der Waals surface area (Å²) in [5.41, 5.74) is 3.27. The van der Waals surface area contributed by atoms with Gasteiger partial charge in [-0.05, 0) is 49.2 Å². The van der Waals surface area contributed by atoms with Crippen LogP contribution < -0.4 is 10.6 Å². The third-order valence-electron chi connectivity index (χ3n) is 4.77. The third kappa shape index (κ3) is 2.70. The maximum absolute atomic E-state index is 11.6. The van der Waals surface area contributed by atoms with Crippen molar-refractivity contribution >= 4 is 23.7 Å². The van der Waals surface area contributed by atoms with E-state index in [-0.39, 0.29) is 12.1 Å². The molecule has 1 aromatic rings. The van der Waals surface area contributed by atoms with E-state index in [1.165, 1.54) is 0 Å². The molecule has 0 radical (unpaired) electrons. The van der Waals surface area contributed by atoms with E-state index in [2.05, 4.69) is 37.4 Å². The molecule has 7 heteroatoms. The minimum Gasteiger partial charge on any atom is -0.378 e. The Kier molecular flexibility index (Phi) is 4.03. The lowest BCUT2D eigenvalue weighted by atomic mass is 9.98. The van der Waals surface area contributed by atoms with Crippen molar-refractivity contribution in [2.45, 2.75) is 31.5 Å². The van der Waals surface area contributed by atoms with Crippen LogP contribution in [0.5, 0.6) is 0 Å². The highest BCUT2D eigenvalue weighted by molar-refractivity contribution is 6.17. The molecule has 0 aliphatic carbocycles. The lowest BCUT2D eigenvalue weighted by Gasteiger charge is -2.26. The standard InChI is InChI=1S/C17H21N5O2/c1-24-10-13-8-11(9-22(13)12-2-5-18-6-3-12)14-4-7-19-16-15(14)20-17(23)21-16/h4,7-9,12,15,18H,2-3,5-6,10H2,1H3,(H,20,23). The first-order valence-corrected chi connectivity index (χ1v) is 8.30. The Hall–Kier alpha value is -2.25. The Morgan fingerprint density at radius 1 is 1.38 bits per heavy atom. The van der Waals surface area contributed by atoms with Crippen molar-refractivity contribution in [3.05, 3.63) is 29.6 Å². The van der Waals surface area contributed by atoms with Crippen molar-refractivity contribution in [3.8, 4) is 0 Å². The van der Waals surface area contributed by atoms with Crippen LogP contribution in [0, 0.1) is 0 Å². The first-order chi connectivity index (χ1) is 11.8. The molecule has 0 aromatic carbocycles. The summed E-state index contributed by atoms with van der Waals surface area (Å²) in [5.74, 6) is 0.542. The van der Waals surface area contributed by atoms with Crippen molar-refractivity contribution < 1.29 is 9.53 Å². The molecule has 3 aliphatic rings. The highest BCUT2D eigenvalue weighted by Gasteiger charge is 2.32. The number of fused-ring (bicyclic) bond motifs is 1. The number of nitrogens with one attached hydrogen (secondary N) is 2. The minimum absolute atomic E-state index is 0.248. The summed E-state index contributed by atoms with van der Waals surface area (Å²) in [7, 11) is 1.72. The largest absolute Gasteiger partial charge is 0.378 e. The first kappa shape index (κ1) is 15.3. The van der Waals surface area contributed by atoms with E-state index < -0.39 is 0 Å². The third-order valence-corrected chi connectivity index (χ3v) is 4.77. The minimum atomic E-state index is -0.324. The van der Waals surface area contributed by atoms with Crippen LogP contribution in [0.1, 0.15) is 30.1 Å². The average molecular weight is 327 g/mol. The average Bonchev–Trinajstić information content (AvgIpc) is 3.18. The van der Waals surface area contributed by atoms with Crippen LogP contribution in [-0.2, 0) is 11.3 Å². The van der Waals surface area contributed by atoms with Crippen molar-refractivity contribution in [2.75, 3.05) is 20.2 Å². The van der Waals surface area contributed by atoms with E-state index in [4.69, 9.17) is 4.74 Å². The normalized spacial score (nSPS) is 23.7. The number of amidine groups is 1. The summed E-state index contributed by atoms with van der Waals surface area (Å²) in [4.78, 5) is 19.7. The molecule has 2 N–H and O–H groups in total. The Balaban J connectivity index is 1.68. The van der Waals surface area contributed by atoms with E-state index in [9.17, 15) is 4.79 Å². The number of nitrogens with zero attached hydrogens (tertiary/aromatic N) is 3. The van der Waals surface area contributed by atoms with E-state index >= 15 is 0 Å². The fourth-order valence-corrected chi connectivity index (χ4v) is 3.63. The summed E-state index contributed by atoms with van der Waals surface area (Å²) < 4.78 is 7.72. The fourth-order valence-electron chi connectivity index (χ4n) is 3.63. The van der Waals surface area contributed by atoms with Gasteiger partial charge in [0.15, 0.2) is 5.84 Å². The summed E-state index contributed by atoms with van der Waals surface area (Å²) in [5, 5.41) is 6.27. The number of carbonyl (C=O) groups excluding carboxylic acids is 1. The molecule has 4 rings (SSSR count). The van der Waals surface area contributed by atoms with Gasteiger partial charge in [0.2, 0.25) is 0 Å². The number of aliphatic imine (C=N–C) groups is 2. The smallest absolute Gasteiger partial charge is 0.343 e. The second-order valence-electron chi connectivity index (χ2n) is 6.29. The molecule has 0 bridgehead atoms. The number of amides is 2. The molecule has 126 valence electrons. The predicted molar refractivity (Wildman–Crippen MR) is 92.5 cm³/mol. The maximum atomic E-state index is 11.6. The van der Waals surface area contributed by atoms with E-state index in [1.807, 2.05) is 6.08 Å². The fraction of sp³-hybridized carbons (Fsp3) is 0.471. The summed E-state index contributed by atoms with van der Waals surface area (Å²) in [6.45, 7) is 2.65. The van der Waals surface area contributed by atoms with Crippen molar-refractivity contribution in [2.24, 2.45) is 9.98 Å². The lowest BCUT2D eigenvalue weighted by Crippen LogP contribution is -2.33. The van der Waals surface area contributed by atoms with Gasteiger partial charge in [0, 0.05) is 31.3 Å². The molecule has 24 heavy (non-hydrogen) atoms. The number of hydrogen-bond donors (Lipinski definition) is 2. The number of hydrogen-bond acceptors (Lipinski definition) is 4. The maximum Gasteiger partial charge on any atom is 0.343 e. The summed E-state index contributed by atoms with van der Waals surface area (Å²) in [6, 6.07) is 2.06. The second kappa shape index (κ2) is 6.33. The lowest BCUT2D eigenvalue weighted by molar-refractivity contribution is 0.174. The Bertz CT molecular complexity index is 740. The van der Waals surface area contributed by atoms with Crippen molar-refractivity contribution in [3.63, 3.8) is 0 Å². The molecule has 1 atom stereocenters. The van der Waals surface area contributed by atoms with Crippen LogP contribution in [-0.4, -0.2) is 48.9 Å². The van der Waals surface area contributed by atoms with Gasteiger partial charge in [0.05, 0.1) is 6.61 Å². The number of piperidine rings is 1. The molecule has 2 amide bonds. The summed E-state index contributed by atoms with van der Waals surface area (Å²) in [6.07, 6.45) is 8.06. The van der Waals surface area contributed by atoms with Crippen LogP contribution in [0.2, 0.25) is 0 Å². The molecular weight excluding hydrogens is 306 g/mol. The number of allylic oxidation sites excluding steroid dienone is 1. The first-order valence-electron chi connectivity index (χ1n) is 8.30. The molecule has 1 unspecified atom stereocenters. The van der Waals surface area contributed by atoms with Gasteiger partial charge in [0.25, 0.3) is 0 Å². The Morgan fingerprint density at radius 2 is 2.21 bits per heavy atom. The number of ether oxygens (including phenoxy) is 1. The van der Waals surface area contributed by atoms with Gasteiger partial charge < -0.3 is 19.9 Å². The molecule has 1 saturated heterocycles. The molecule has 3 aliphatic heterocycles. The van der Waals surface area contributed by atoms with Gasteiger partial charge in [-0.25, -0.2) is 9.79 Å². The highest BCUT2D eigenvalue weighted by Crippen LogP contribution is 2.30.